The maximum absolute atomic E-state index is 3.47. The summed E-state index contributed by atoms with van der Waals surface area (Å²) < 4.78 is 2.38. The van der Waals surface area contributed by atoms with Crippen molar-refractivity contribution in [2.75, 3.05) is 0 Å². The minimum Gasteiger partial charge on any atom is -0.351 e. The molecule has 0 saturated carbocycles. The van der Waals surface area contributed by atoms with Crippen LogP contribution in [-0.2, 0) is 13.1 Å². The summed E-state index contributed by atoms with van der Waals surface area (Å²) in [6.07, 6.45) is 3.44. The monoisotopic (exact) mass is 236 g/mol. The van der Waals surface area contributed by atoms with Crippen molar-refractivity contribution >= 4 is 0 Å². The van der Waals surface area contributed by atoms with E-state index in [1.54, 1.807) is 0 Å². The molecule has 0 aliphatic carbocycles. The van der Waals surface area contributed by atoms with Crippen LogP contribution in [0.2, 0.25) is 0 Å². The average Bonchev–Trinajstić information content (AvgIpc) is 2.52. The molecule has 0 spiro atoms. The fraction of sp³-hybridized carbons (Fsp3) is 0.733. The van der Waals surface area contributed by atoms with Crippen molar-refractivity contribution in [2.24, 2.45) is 5.41 Å². The zero-order valence-corrected chi connectivity index (χ0v) is 12.3. The lowest BCUT2D eigenvalue weighted by atomic mass is 9.92. The molecule has 17 heavy (non-hydrogen) atoms. The summed E-state index contributed by atoms with van der Waals surface area (Å²) in [6.45, 7) is 15.6. The van der Waals surface area contributed by atoms with Gasteiger partial charge in [0.15, 0.2) is 0 Å². The van der Waals surface area contributed by atoms with Crippen molar-refractivity contribution in [3.63, 3.8) is 0 Å². The molecule has 1 rings (SSSR count). The molecule has 0 unspecified atom stereocenters. The van der Waals surface area contributed by atoms with E-state index in [-0.39, 0.29) is 0 Å². The molecule has 1 heterocycles. The molecule has 2 nitrogen and oxygen atoms in total. The van der Waals surface area contributed by atoms with Gasteiger partial charge < -0.3 is 9.88 Å². The van der Waals surface area contributed by atoms with Crippen molar-refractivity contribution in [2.45, 2.75) is 67.1 Å². The molecule has 0 atom stereocenters. The predicted molar refractivity (Wildman–Crippen MR) is 75.2 cm³/mol. The highest BCUT2D eigenvalue weighted by Gasteiger charge is 2.11. The molecular weight excluding hydrogens is 208 g/mol. The number of aromatic nitrogens is 1. The Morgan fingerprint density at radius 3 is 2.47 bits per heavy atom. The predicted octanol–water partition coefficient (Wildman–Crippen LogP) is 3.73. The Morgan fingerprint density at radius 2 is 1.94 bits per heavy atom. The van der Waals surface area contributed by atoms with Gasteiger partial charge in [-0.3, -0.25) is 0 Å². The minimum absolute atomic E-state index is 0.410. The zero-order valence-electron chi connectivity index (χ0n) is 12.3. The van der Waals surface area contributed by atoms with Gasteiger partial charge in [-0.15, -0.1) is 0 Å². The van der Waals surface area contributed by atoms with E-state index in [0.717, 1.165) is 13.1 Å². The molecule has 1 N–H and O–H groups in total. The van der Waals surface area contributed by atoms with Crippen LogP contribution in [0.25, 0.3) is 0 Å². The number of hydrogen-bond acceptors (Lipinski definition) is 1. The number of nitrogens with one attached hydrogen (secondary N) is 1. The van der Waals surface area contributed by atoms with Crippen LogP contribution in [-0.4, -0.2) is 10.6 Å². The first-order valence-corrected chi connectivity index (χ1v) is 6.67. The van der Waals surface area contributed by atoms with Crippen molar-refractivity contribution in [1.29, 1.82) is 0 Å². The Hall–Kier alpha value is -0.760. The van der Waals surface area contributed by atoms with Crippen LogP contribution in [0.4, 0.5) is 0 Å². The third-order valence-corrected chi connectivity index (χ3v) is 3.15. The lowest BCUT2D eigenvalue weighted by Gasteiger charge is -2.19. The maximum Gasteiger partial charge on any atom is 0.0227 e. The van der Waals surface area contributed by atoms with Crippen molar-refractivity contribution in [3.8, 4) is 0 Å². The van der Waals surface area contributed by atoms with Gasteiger partial charge in [0, 0.05) is 31.0 Å². The SMILES string of the molecule is Cc1c(CNC(C)C)ccn1CCC(C)(C)C. The lowest BCUT2D eigenvalue weighted by molar-refractivity contribution is 0.349. The van der Waals surface area contributed by atoms with Crippen molar-refractivity contribution in [3.05, 3.63) is 23.5 Å². The largest absolute Gasteiger partial charge is 0.351 e. The van der Waals surface area contributed by atoms with E-state index in [1.165, 1.54) is 17.7 Å². The molecule has 1 aromatic heterocycles. The summed E-state index contributed by atoms with van der Waals surface area (Å²) in [6, 6.07) is 2.79. The van der Waals surface area contributed by atoms with Crippen molar-refractivity contribution in [1.82, 2.24) is 9.88 Å². The Kier molecular flexibility index (Phi) is 4.81. The first-order chi connectivity index (χ1) is 7.79. The van der Waals surface area contributed by atoms with E-state index in [1.807, 2.05) is 0 Å². The Bertz CT molecular complexity index is 342. The van der Waals surface area contributed by atoms with E-state index < -0.39 is 0 Å². The maximum atomic E-state index is 3.47. The molecular formula is C15H28N2. The highest BCUT2D eigenvalue weighted by atomic mass is 15.0. The Labute approximate surface area is 106 Å². The van der Waals surface area contributed by atoms with E-state index in [0.29, 0.717) is 11.5 Å². The molecule has 0 aromatic carbocycles. The quantitative estimate of drug-likeness (QED) is 0.824. The number of nitrogens with zero attached hydrogens (tertiary/aromatic N) is 1. The molecule has 0 saturated heterocycles. The van der Waals surface area contributed by atoms with Gasteiger partial charge >= 0.3 is 0 Å². The fourth-order valence-corrected chi connectivity index (χ4v) is 1.80. The van der Waals surface area contributed by atoms with E-state index >= 15 is 0 Å². The number of hydrogen-bond donors (Lipinski definition) is 1. The molecule has 0 aliphatic rings. The topological polar surface area (TPSA) is 17.0 Å². The van der Waals surface area contributed by atoms with Gasteiger partial charge in [0.05, 0.1) is 0 Å². The highest BCUT2D eigenvalue weighted by Crippen LogP contribution is 2.21. The molecule has 0 radical (unpaired) electrons. The standard InChI is InChI=1S/C15H28N2/c1-12(2)16-11-14-7-9-17(13(14)3)10-8-15(4,5)6/h7,9,12,16H,8,10-11H2,1-6H3. The zero-order chi connectivity index (χ0) is 13.1. The van der Waals surface area contributed by atoms with E-state index in [4.69, 9.17) is 0 Å². The van der Waals surface area contributed by atoms with Gasteiger partial charge in [-0.1, -0.05) is 34.6 Å². The molecule has 0 aliphatic heterocycles. The van der Waals surface area contributed by atoms with Crippen LogP contribution in [0.1, 0.15) is 52.3 Å². The molecule has 0 bridgehead atoms. The smallest absolute Gasteiger partial charge is 0.0227 e. The van der Waals surface area contributed by atoms with Crippen LogP contribution in [0.3, 0.4) is 0 Å². The number of aryl methyl sites for hydroxylation is 1. The van der Waals surface area contributed by atoms with Crippen molar-refractivity contribution < 1.29 is 0 Å². The van der Waals surface area contributed by atoms with Gasteiger partial charge in [0.2, 0.25) is 0 Å². The molecule has 1 aromatic rings. The lowest BCUT2D eigenvalue weighted by Crippen LogP contribution is -2.22. The van der Waals surface area contributed by atoms with Crippen LogP contribution >= 0.6 is 0 Å². The van der Waals surface area contributed by atoms with Gasteiger partial charge in [0.1, 0.15) is 0 Å². The van der Waals surface area contributed by atoms with Gasteiger partial charge in [-0.05, 0) is 30.4 Å². The highest BCUT2D eigenvalue weighted by molar-refractivity contribution is 5.21. The summed E-state index contributed by atoms with van der Waals surface area (Å²) in [7, 11) is 0. The van der Waals surface area contributed by atoms with Gasteiger partial charge in [-0.2, -0.15) is 0 Å². The summed E-state index contributed by atoms with van der Waals surface area (Å²) in [4.78, 5) is 0. The van der Waals surface area contributed by atoms with E-state index in [2.05, 4.69) is 63.7 Å². The Balaban J connectivity index is 2.58. The molecule has 0 amide bonds. The average molecular weight is 236 g/mol. The minimum atomic E-state index is 0.410. The van der Waals surface area contributed by atoms with Gasteiger partial charge in [-0.25, -0.2) is 0 Å². The molecule has 2 heteroatoms. The van der Waals surface area contributed by atoms with Crippen LogP contribution in [0, 0.1) is 12.3 Å². The van der Waals surface area contributed by atoms with Crippen LogP contribution in [0.15, 0.2) is 12.3 Å². The third-order valence-electron chi connectivity index (χ3n) is 3.15. The second-order valence-corrected chi connectivity index (χ2v) is 6.47. The normalized spacial score (nSPS) is 12.4. The second-order valence-electron chi connectivity index (χ2n) is 6.47. The van der Waals surface area contributed by atoms with Crippen LogP contribution in [0.5, 0.6) is 0 Å². The fourth-order valence-electron chi connectivity index (χ4n) is 1.80. The van der Waals surface area contributed by atoms with Crippen LogP contribution < -0.4 is 5.32 Å². The third kappa shape index (κ3) is 4.95. The molecule has 0 fully saturated rings. The summed E-state index contributed by atoms with van der Waals surface area (Å²) in [5.41, 5.74) is 3.24. The summed E-state index contributed by atoms with van der Waals surface area (Å²) in [5.74, 6) is 0. The second kappa shape index (κ2) is 5.72. The van der Waals surface area contributed by atoms with E-state index in [9.17, 15) is 0 Å². The number of rotatable bonds is 5. The van der Waals surface area contributed by atoms with Gasteiger partial charge in [0.25, 0.3) is 0 Å². The summed E-state index contributed by atoms with van der Waals surface area (Å²) >= 11 is 0. The molecule has 98 valence electrons. The summed E-state index contributed by atoms with van der Waals surface area (Å²) in [5, 5.41) is 3.47. The first-order valence-electron chi connectivity index (χ1n) is 6.67. The Morgan fingerprint density at radius 1 is 1.29 bits per heavy atom. The first kappa shape index (κ1) is 14.3.